The van der Waals surface area contributed by atoms with Crippen molar-refractivity contribution in [2.45, 2.75) is 45.6 Å². The van der Waals surface area contributed by atoms with Crippen LogP contribution >= 0.6 is 11.6 Å². The lowest BCUT2D eigenvalue weighted by atomic mass is 10.2. The van der Waals surface area contributed by atoms with Gasteiger partial charge >= 0.3 is 0 Å². The molecule has 0 radical (unpaired) electrons. The molecule has 1 rings (SSSR count). The first-order valence-electron chi connectivity index (χ1n) is 7.39. The zero-order valence-electron chi connectivity index (χ0n) is 12.5. The number of nitrogens with one attached hydrogen (secondary N) is 1. The van der Waals surface area contributed by atoms with Crippen LogP contribution in [0.25, 0.3) is 0 Å². The summed E-state index contributed by atoms with van der Waals surface area (Å²) in [6.07, 6.45) is 4.22. The molecule has 20 heavy (non-hydrogen) atoms. The number of aliphatic hydroxyl groups is 1. The van der Waals surface area contributed by atoms with Gasteiger partial charge in [-0.05, 0) is 31.0 Å². The molecule has 0 aliphatic heterocycles. The third kappa shape index (κ3) is 7.13. The topological polar surface area (TPSA) is 41.5 Å². The van der Waals surface area contributed by atoms with Crippen LogP contribution in [-0.2, 0) is 4.74 Å². The second kappa shape index (κ2) is 10.0. The smallest absolute Gasteiger partial charge is 0.0945 e. The lowest BCUT2D eigenvalue weighted by Crippen LogP contribution is -2.25. The van der Waals surface area contributed by atoms with E-state index in [-0.39, 0.29) is 0 Å². The quantitative estimate of drug-likeness (QED) is 0.641. The Morgan fingerprint density at radius 1 is 1.30 bits per heavy atom. The zero-order chi connectivity index (χ0) is 14.8. The Balaban J connectivity index is 2.16. The maximum atomic E-state index is 9.84. The molecule has 4 heteroatoms. The molecule has 0 aliphatic rings. The van der Waals surface area contributed by atoms with Crippen molar-refractivity contribution in [3.8, 4) is 0 Å². The van der Waals surface area contributed by atoms with E-state index in [2.05, 4.69) is 12.2 Å². The van der Waals surface area contributed by atoms with Crippen LogP contribution < -0.4 is 5.32 Å². The Morgan fingerprint density at radius 3 is 2.85 bits per heavy atom. The molecule has 0 spiro atoms. The number of anilines is 1. The first-order valence-corrected chi connectivity index (χ1v) is 7.77. The molecular formula is C16H26ClNO2. The first kappa shape index (κ1) is 17.3. The minimum absolute atomic E-state index is 0.364. The monoisotopic (exact) mass is 299 g/mol. The van der Waals surface area contributed by atoms with E-state index in [9.17, 15) is 5.11 Å². The number of unbranched alkanes of at least 4 members (excludes halogenated alkanes) is 3. The Kier molecular flexibility index (Phi) is 8.67. The van der Waals surface area contributed by atoms with E-state index in [4.69, 9.17) is 16.3 Å². The van der Waals surface area contributed by atoms with E-state index in [0.717, 1.165) is 24.3 Å². The van der Waals surface area contributed by atoms with Crippen molar-refractivity contribution in [3.05, 3.63) is 28.8 Å². The number of halogens is 1. The second-order valence-corrected chi connectivity index (χ2v) is 5.56. The van der Waals surface area contributed by atoms with E-state index >= 15 is 0 Å². The van der Waals surface area contributed by atoms with Crippen molar-refractivity contribution in [1.82, 2.24) is 0 Å². The third-order valence-electron chi connectivity index (χ3n) is 3.10. The normalized spacial score (nSPS) is 12.4. The van der Waals surface area contributed by atoms with Gasteiger partial charge in [0.1, 0.15) is 0 Å². The summed E-state index contributed by atoms with van der Waals surface area (Å²) in [6, 6.07) is 5.79. The summed E-state index contributed by atoms with van der Waals surface area (Å²) in [5.41, 5.74) is 1.99. The molecule has 1 atom stereocenters. The molecule has 0 heterocycles. The summed E-state index contributed by atoms with van der Waals surface area (Å²) < 4.78 is 5.46. The number of rotatable bonds is 10. The Labute approximate surface area is 127 Å². The Bertz CT molecular complexity index is 385. The number of aryl methyl sites for hydroxylation is 1. The number of benzene rings is 1. The molecule has 0 aliphatic carbocycles. The second-order valence-electron chi connectivity index (χ2n) is 5.15. The lowest BCUT2D eigenvalue weighted by molar-refractivity contribution is 0.0417. The van der Waals surface area contributed by atoms with Crippen molar-refractivity contribution in [2.75, 3.05) is 25.1 Å². The van der Waals surface area contributed by atoms with Crippen molar-refractivity contribution in [2.24, 2.45) is 0 Å². The summed E-state index contributed by atoms with van der Waals surface area (Å²) in [5.74, 6) is 0. The fraction of sp³-hybridized carbons (Fsp3) is 0.625. The number of aliphatic hydroxyl groups excluding tert-OH is 1. The fourth-order valence-corrected chi connectivity index (χ4v) is 2.10. The van der Waals surface area contributed by atoms with E-state index < -0.39 is 6.10 Å². The van der Waals surface area contributed by atoms with Gasteiger partial charge in [0, 0.05) is 13.2 Å². The van der Waals surface area contributed by atoms with Gasteiger partial charge in [-0.2, -0.15) is 0 Å². The highest BCUT2D eigenvalue weighted by Gasteiger charge is 2.06. The van der Waals surface area contributed by atoms with Gasteiger partial charge in [0.05, 0.1) is 23.4 Å². The minimum Gasteiger partial charge on any atom is -0.389 e. The van der Waals surface area contributed by atoms with Crippen LogP contribution in [0.15, 0.2) is 18.2 Å². The predicted octanol–water partition coefficient (Wildman–Crippen LogP) is 4.02. The minimum atomic E-state index is -0.516. The number of hydrogen-bond acceptors (Lipinski definition) is 3. The van der Waals surface area contributed by atoms with Crippen LogP contribution in [0.4, 0.5) is 5.69 Å². The van der Waals surface area contributed by atoms with Gasteiger partial charge in [0.25, 0.3) is 0 Å². The average molecular weight is 300 g/mol. The predicted molar refractivity (Wildman–Crippen MR) is 85.6 cm³/mol. The zero-order valence-corrected chi connectivity index (χ0v) is 13.2. The van der Waals surface area contributed by atoms with E-state index in [1.54, 1.807) is 0 Å². The van der Waals surface area contributed by atoms with Crippen LogP contribution in [0.1, 0.15) is 38.2 Å². The molecule has 2 N–H and O–H groups in total. The van der Waals surface area contributed by atoms with Crippen molar-refractivity contribution in [1.29, 1.82) is 0 Å². The van der Waals surface area contributed by atoms with Gasteiger partial charge < -0.3 is 15.2 Å². The van der Waals surface area contributed by atoms with Crippen LogP contribution in [-0.4, -0.2) is 31.0 Å². The van der Waals surface area contributed by atoms with E-state index in [1.165, 1.54) is 19.3 Å². The summed E-state index contributed by atoms with van der Waals surface area (Å²) >= 11 is 6.08. The molecule has 0 saturated carbocycles. The molecule has 1 aromatic rings. The SMILES string of the molecule is CCCCCCOCC(O)CNc1cc(C)ccc1Cl. The summed E-state index contributed by atoms with van der Waals surface area (Å²) in [4.78, 5) is 0. The maximum Gasteiger partial charge on any atom is 0.0945 e. The summed E-state index contributed by atoms with van der Waals surface area (Å²) in [5, 5.41) is 13.7. The van der Waals surface area contributed by atoms with Gasteiger partial charge in [0.2, 0.25) is 0 Å². The van der Waals surface area contributed by atoms with Crippen molar-refractivity contribution >= 4 is 17.3 Å². The highest BCUT2D eigenvalue weighted by Crippen LogP contribution is 2.22. The molecule has 3 nitrogen and oxygen atoms in total. The molecule has 0 saturated heterocycles. The standard InChI is InChI=1S/C16H26ClNO2/c1-3-4-5-6-9-20-12-14(19)11-18-16-10-13(2)7-8-15(16)17/h7-8,10,14,18-19H,3-6,9,11-12H2,1-2H3. The van der Waals surface area contributed by atoms with E-state index in [1.807, 2.05) is 25.1 Å². The molecule has 0 fully saturated rings. The fourth-order valence-electron chi connectivity index (χ4n) is 1.91. The molecular weight excluding hydrogens is 274 g/mol. The van der Waals surface area contributed by atoms with Gasteiger partial charge in [-0.15, -0.1) is 0 Å². The number of hydrogen-bond donors (Lipinski definition) is 2. The van der Waals surface area contributed by atoms with Crippen LogP contribution in [0, 0.1) is 6.92 Å². The van der Waals surface area contributed by atoms with Gasteiger partial charge in [0.15, 0.2) is 0 Å². The molecule has 1 aromatic carbocycles. The highest BCUT2D eigenvalue weighted by molar-refractivity contribution is 6.33. The van der Waals surface area contributed by atoms with Crippen LogP contribution in [0.5, 0.6) is 0 Å². The average Bonchev–Trinajstić information content (AvgIpc) is 2.43. The third-order valence-corrected chi connectivity index (χ3v) is 3.43. The maximum absolute atomic E-state index is 9.84. The molecule has 114 valence electrons. The summed E-state index contributed by atoms with van der Waals surface area (Å²) in [7, 11) is 0. The van der Waals surface area contributed by atoms with Gasteiger partial charge in [-0.1, -0.05) is 43.9 Å². The molecule has 0 amide bonds. The number of ether oxygens (including phenoxy) is 1. The Morgan fingerprint density at radius 2 is 2.10 bits per heavy atom. The van der Waals surface area contributed by atoms with Crippen LogP contribution in [0.2, 0.25) is 5.02 Å². The van der Waals surface area contributed by atoms with Gasteiger partial charge in [-0.3, -0.25) is 0 Å². The lowest BCUT2D eigenvalue weighted by Gasteiger charge is -2.14. The highest BCUT2D eigenvalue weighted by atomic mass is 35.5. The van der Waals surface area contributed by atoms with E-state index in [0.29, 0.717) is 18.2 Å². The first-order chi connectivity index (χ1) is 9.63. The molecule has 0 aromatic heterocycles. The largest absolute Gasteiger partial charge is 0.389 e. The Hall–Kier alpha value is -0.770. The summed E-state index contributed by atoms with van der Waals surface area (Å²) in [6.45, 7) is 5.73. The molecule has 1 unspecified atom stereocenters. The van der Waals surface area contributed by atoms with Crippen molar-refractivity contribution in [3.63, 3.8) is 0 Å². The van der Waals surface area contributed by atoms with Crippen molar-refractivity contribution < 1.29 is 9.84 Å². The molecule has 0 bridgehead atoms. The van der Waals surface area contributed by atoms with Gasteiger partial charge in [-0.25, -0.2) is 0 Å². The van der Waals surface area contributed by atoms with Crippen LogP contribution in [0.3, 0.4) is 0 Å².